The zero-order chi connectivity index (χ0) is 14.9. The monoisotopic (exact) mass is 280 g/mol. The van der Waals surface area contributed by atoms with E-state index in [9.17, 15) is 10.1 Å². The molecule has 1 saturated heterocycles. The van der Waals surface area contributed by atoms with Crippen molar-refractivity contribution in [3.8, 4) is 6.07 Å². The second-order valence-electron chi connectivity index (χ2n) is 7.42. The molecule has 2 aliphatic carbocycles. The predicted octanol–water partition coefficient (Wildman–Crippen LogP) is 3.23. The van der Waals surface area contributed by atoms with E-state index < -0.39 is 5.54 Å². The van der Waals surface area contributed by atoms with E-state index in [0.29, 0.717) is 11.5 Å². The van der Waals surface area contributed by atoms with Crippen molar-refractivity contribution < 1.29 is 4.79 Å². The quantitative estimate of drug-likeness (QED) is 0.792. The minimum Gasteiger partial charge on any atom is -0.319 e. The third-order valence-corrected chi connectivity index (χ3v) is 7.01. The van der Waals surface area contributed by atoms with Crippen LogP contribution in [0.5, 0.6) is 0 Å². The molecule has 21 heavy (non-hydrogen) atoms. The molecule has 0 N–H and O–H groups in total. The van der Waals surface area contributed by atoms with Gasteiger partial charge in [-0.2, -0.15) is 5.26 Å². The van der Waals surface area contributed by atoms with E-state index in [0.717, 1.165) is 19.4 Å². The summed E-state index contributed by atoms with van der Waals surface area (Å²) in [6, 6.07) is 12.0. The molecule has 0 radical (unpaired) electrons. The first-order valence-electron chi connectivity index (χ1n) is 7.77. The van der Waals surface area contributed by atoms with E-state index >= 15 is 0 Å². The van der Waals surface area contributed by atoms with Crippen LogP contribution in [0.25, 0.3) is 0 Å². The van der Waals surface area contributed by atoms with E-state index in [4.69, 9.17) is 0 Å². The van der Waals surface area contributed by atoms with E-state index in [1.807, 2.05) is 35.2 Å². The first-order valence-corrected chi connectivity index (χ1v) is 7.77. The highest BCUT2D eigenvalue weighted by Crippen LogP contribution is 2.75. The van der Waals surface area contributed by atoms with Crippen LogP contribution in [0.2, 0.25) is 0 Å². The molecule has 0 aromatic heterocycles. The van der Waals surface area contributed by atoms with Gasteiger partial charge in [0.15, 0.2) is 0 Å². The summed E-state index contributed by atoms with van der Waals surface area (Å²) in [4.78, 5) is 14.8. The maximum atomic E-state index is 12.9. The summed E-state index contributed by atoms with van der Waals surface area (Å²) in [7, 11) is 0. The standard InChI is InChI=1S/C18H20N2O/c1-16-12-20(15(21)13-6-4-3-5-7-13)18(11-19)10-14(16)8-9-17(16,18)2/h3-7,14H,8-10,12H2,1-2H3/t14-,16-,17-,18-/m0/s1. The highest BCUT2D eigenvalue weighted by molar-refractivity contribution is 5.95. The lowest BCUT2D eigenvalue weighted by atomic mass is 9.66. The Labute approximate surface area is 125 Å². The van der Waals surface area contributed by atoms with Crippen molar-refractivity contribution in [1.29, 1.82) is 5.26 Å². The largest absolute Gasteiger partial charge is 0.319 e. The molecule has 1 aromatic carbocycles. The first-order chi connectivity index (χ1) is 9.98. The number of rotatable bonds is 1. The molecule has 0 spiro atoms. The Hall–Kier alpha value is -1.82. The van der Waals surface area contributed by atoms with E-state index in [-0.39, 0.29) is 16.7 Å². The van der Waals surface area contributed by atoms with E-state index in [1.165, 1.54) is 6.42 Å². The van der Waals surface area contributed by atoms with Gasteiger partial charge < -0.3 is 4.90 Å². The molecule has 3 fully saturated rings. The summed E-state index contributed by atoms with van der Waals surface area (Å²) in [5.74, 6) is 0.620. The normalized spacial score (nSPS) is 43.1. The fourth-order valence-electron chi connectivity index (χ4n) is 5.49. The van der Waals surface area contributed by atoms with Crippen molar-refractivity contribution in [2.75, 3.05) is 6.54 Å². The fraction of sp³-hybridized carbons (Fsp3) is 0.556. The number of hydrogen-bond donors (Lipinski definition) is 0. The first kappa shape index (κ1) is 12.9. The van der Waals surface area contributed by atoms with Gasteiger partial charge in [0.05, 0.1) is 6.07 Å². The van der Waals surface area contributed by atoms with Crippen LogP contribution < -0.4 is 0 Å². The molecule has 3 aliphatic rings. The third kappa shape index (κ3) is 1.19. The number of nitriles is 1. The summed E-state index contributed by atoms with van der Waals surface area (Å²) in [6.07, 6.45) is 3.14. The highest BCUT2D eigenvalue weighted by Gasteiger charge is 2.78. The molecule has 1 amide bonds. The lowest BCUT2D eigenvalue weighted by molar-refractivity contribution is 0.0430. The minimum absolute atomic E-state index is 0.0208. The van der Waals surface area contributed by atoms with Gasteiger partial charge in [-0.15, -0.1) is 0 Å². The van der Waals surface area contributed by atoms with Gasteiger partial charge in [-0.1, -0.05) is 32.0 Å². The highest BCUT2D eigenvalue weighted by atomic mass is 16.2. The predicted molar refractivity (Wildman–Crippen MR) is 79.4 cm³/mol. The lowest BCUT2D eigenvalue weighted by Crippen LogP contribution is -2.54. The molecule has 4 atom stereocenters. The van der Waals surface area contributed by atoms with Gasteiger partial charge in [-0.3, -0.25) is 4.79 Å². The number of amides is 1. The number of likely N-dealkylation sites (tertiary alicyclic amines) is 1. The number of carbonyl (C=O) groups excluding carboxylic acids is 1. The summed E-state index contributed by atoms with van der Waals surface area (Å²) >= 11 is 0. The number of benzene rings is 1. The van der Waals surface area contributed by atoms with Crippen molar-refractivity contribution >= 4 is 5.91 Å². The molecule has 3 nitrogen and oxygen atoms in total. The van der Waals surface area contributed by atoms with Crippen molar-refractivity contribution in [1.82, 2.24) is 4.90 Å². The van der Waals surface area contributed by atoms with Crippen LogP contribution in [-0.4, -0.2) is 22.9 Å². The average Bonchev–Trinajstić information content (AvgIpc) is 2.96. The van der Waals surface area contributed by atoms with Crippen LogP contribution in [0.15, 0.2) is 30.3 Å². The Kier molecular flexibility index (Phi) is 2.26. The van der Waals surface area contributed by atoms with Crippen molar-refractivity contribution in [3.05, 3.63) is 35.9 Å². The Bertz CT molecular complexity index is 664. The number of nitrogens with zero attached hydrogens (tertiary/aromatic N) is 2. The minimum atomic E-state index is -0.600. The molecular weight excluding hydrogens is 260 g/mol. The Balaban J connectivity index is 1.80. The molecule has 0 unspecified atom stereocenters. The van der Waals surface area contributed by atoms with Crippen molar-refractivity contribution in [2.24, 2.45) is 16.7 Å². The fourth-order valence-corrected chi connectivity index (χ4v) is 5.49. The van der Waals surface area contributed by atoms with Gasteiger partial charge >= 0.3 is 0 Å². The van der Waals surface area contributed by atoms with Gasteiger partial charge in [-0.25, -0.2) is 0 Å². The molecule has 1 aromatic rings. The van der Waals surface area contributed by atoms with Gasteiger partial charge in [-0.05, 0) is 42.7 Å². The molecule has 108 valence electrons. The molecule has 1 heterocycles. The maximum Gasteiger partial charge on any atom is 0.255 e. The van der Waals surface area contributed by atoms with Crippen molar-refractivity contribution in [2.45, 2.75) is 38.6 Å². The Morgan fingerprint density at radius 3 is 2.67 bits per heavy atom. The van der Waals surface area contributed by atoms with Crippen LogP contribution in [0.4, 0.5) is 0 Å². The summed E-state index contributed by atoms with van der Waals surface area (Å²) in [6.45, 7) is 5.26. The van der Waals surface area contributed by atoms with Gasteiger partial charge in [0.25, 0.3) is 5.91 Å². The van der Waals surface area contributed by atoms with Crippen LogP contribution in [0.1, 0.15) is 43.5 Å². The maximum absolute atomic E-state index is 12.9. The van der Waals surface area contributed by atoms with Crippen LogP contribution >= 0.6 is 0 Å². The zero-order valence-corrected chi connectivity index (χ0v) is 12.6. The Morgan fingerprint density at radius 2 is 2.05 bits per heavy atom. The summed E-state index contributed by atoms with van der Waals surface area (Å²) in [5.41, 5.74) is 0.150. The second-order valence-corrected chi connectivity index (χ2v) is 7.42. The van der Waals surface area contributed by atoms with Crippen LogP contribution in [0.3, 0.4) is 0 Å². The Morgan fingerprint density at radius 1 is 1.33 bits per heavy atom. The number of hydrogen-bond acceptors (Lipinski definition) is 2. The molecular formula is C18H20N2O. The smallest absolute Gasteiger partial charge is 0.255 e. The molecule has 4 rings (SSSR count). The topological polar surface area (TPSA) is 44.1 Å². The van der Waals surface area contributed by atoms with Crippen LogP contribution in [0, 0.1) is 28.1 Å². The SMILES string of the molecule is C[C@@]12CC[C@H]3C[C@@]1(C#N)N(C(=O)c1ccccc1)C[C@@]32C. The van der Waals surface area contributed by atoms with Crippen molar-refractivity contribution in [3.63, 3.8) is 0 Å². The molecule has 2 saturated carbocycles. The van der Waals surface area contributed by atoms with Gasteiger partial charge in [0, 0.05) is 17.5 Å². The lowest BCUT2D eigenvalue weighted by Gasteiger charge is -2.43. The third-order valence-electron chi connectivity index (χ3n) is 7.01. The van der Waals surface area contributed by atoms with E-state index in [2.05, 4.69) is 19.9 Å². The zero-order valence-electron chi connectivity index (χ0n) is 12.6. The molecule has 3 heteroatoms. The van der Waals surface area contributed by atoms with Gasteiger partial charge in [0.2, 0.25) is 0 Å². The number of carbonyl (C=O) groups is 1. The van der Waals surface area contributed by atoms with Crippen LogP contribution in [-0.2, 0) is 0 Å². The average molecular weight is 280 g/mol. The second kappa shape index (κ2) is 3.68. The molecule has 1 aliphatic heterocycles. The van der Waals surface area contributed by atoms with E-state index in [1.54, 1.807) is 0 Å². The summed E-state index contributed by atoms with van der Waals surface area (Å²) < 4.78 is 0. The molecule has 4 bridgehead atoms. The van der Waals surface area contributed by atoms with Gasteiger partial charge in [0.1, 0.15) is 5.54 Å². The summed E-state index contributed by atoms with van der Waals surface area (Å²) in [5, 5.41) is 9.97. The number of piperidine rings is 1.